The minimum atomic E-state index is -1.03. The number of rotatable bonds is 3. The lowest BCUT2D eigenvalue weighted by atomic mass is 9.92. The number of aromatic nitrogens is 3. The number of carbonyl (C=O) groups excluding carboxylic acids is 1. The van der Waals surface area contributed by atoms with Crippen LogP contribution in [0.2, 0.25) is 10.2 Å². The fourth-order valence-electron chi connectivity index (χ4n) is 3.77. The van der Waals surface area contributed by atoms with Gasteiger partial charge in [-0.05, 0) is 37.0 Å². The predicted molar refractivity (Wildman–Crippen MR) is 95.2 cm³/mol. The lowest BCUT2D eigenvalue weighted by molar-refractivity contribution is -0.147. The van der Waals surface area contributed by atoms with Crippen LogP contribution < -0.4 is 0 Å². The van der Waals surface area contributed by atoms with Gasteiger partial charge in [0.1, 0.15) is 6.04 Å². The second-order valence-corrected chi connectivity index (χ2v) is 7.24. The van der Waals surface area contributed by atoms with Crippen molar-refractivity contribution in [3.05, 3.63) is 46.0 Å². The lowest BCUT2D eigenvalue weighted by Crippen LogP contribution is -2.46. The molecule has 1 N–H and O–H groups in total. The van der Waals surface area contributed by atoms with Gasteiger partial charge < -0.3 is 10.0 Å². The molecule has 2 aromatic rings. The highest BCUT2D eigenvalue weighted by atomic mass is 35.5. The summed E-state index contributed by atoms with van der Waals surface area (Å²) in [6.07, 6.45) is 3.92. The van der Waals surface area contributed by atoms with Crippen LogP contribution in [0.3, 0.4) is 0 Å². The molecule has 1 fully saturated rings. The molecule has 1 saturated heterocycles. The van der Waals surface area contributed by atoms with Crippen LogP contribution in [-0.4, -0.2) is 49.0 Å². The van der Waals surface area contributed by atoms with Gasteiger partial charge in [-0.25, -0.2) is 13.9 Å². The molecule has 2 aliphatic heterocycles. The number of halogens is 3. The minimum Gasteiger partial charge on any atom is -0.480 e. The molecule has 7 nitrogen and oxygen atoms in total. The van der Waals surface area contributed by atoms with Crippen LogP contribution >= 0.6 is 23.2 Å². The summed E-state index contributed by atoms with van der Waals surface area (Å²) < 4.78 is 16.2. The van der Waals surface area contributed by atoms with E-state index in [1.807, 2.05) is 0 Å². The standard InChI is InChI=1S/C17H13Cl2FN4O3/c18-10-2-4-11(23-7-13(19)21-22-23)15(16(10)20)8-5-9-1-3-12(17(26)27)24(9)14(25)6-8/h2,4,6-7,9,12H,1,3,5H2,(H,26,27). The Morgan fingerprint density at radius 3 is 2.74 bits per heavy atom. The van der Waals surface area contributed by atoms with Gasteiger partial charge in [0.2, 0.25) is 5.91 Å². The number of carboxylic acids is 1. The number of nitrogens with zero attached hydrogens (tertiary/aromatic N) is 4. The first-order valence-electron chi connectivity index (χ1n) is 8.19. The van der Waals surface area contributed by atoms with Crippen molar-refractivity contribution in [2.24, 2.45) is 0 Å². The Labute approximate surface area is 163 Å². The second-order valence-electron chi connectivity index (χ2n) is 6.45. The zero-order valence-corrected chi connectivity index (χ0v) is 15.3. The molecule has 0 aliphatic carbocycles. The highest BCUT2D eigenvalue weighted by molar-refractivity contribution is 6.31. The molecule has 1 aromatic carbocycles. The first-order valence-corrected chi connectivity index (χ1v) is 8.94. The topological polar surface area (TPSA) is 88.3 Å². The number of hydrogen-bond donors (Lipinski definition) is 1. The quantitative estimate of drug-likeness (QED) is 0.839. The Morgan fingerprint density at radius 2 is 2.07 bits per heavy atom. The third kappa shape index (κ3) is 2.98. The summed E-state index contributed by atoms with van der Waals surface area (Å²) in [4.78, 5) is 25.3. The molecule has 4 rings (SSSR count). The summed E-state index contributed by atoms with van der Waals surface area (Å²) in [7, 11) is 0. The van der Waals surface area contributed by atoms with E-state index < -0.39 is 23.7 Å². The number of carbonyl (C=O) groups is 2. The van der Waals surface area contributed by atoms with E-state index in [0.29, 0.717) is 30.5 Å². The lowest BCUT2D eigenvalue weighted by Gasteiger charge is -2.32. The number of amides is 1. The van der Waals surface area contributed by atoms with Gasteiger partial charge in [-0.2, -0.15) is 0 Å². The molecule has 2 aliphatic rings. The molecule has 2 unspecified atom stereocenters. The molecule has 0 spiro atoms. The zero-order chi connectivity index (χ0) is 19.3. The highest BCUT2D eigenvalue weighted by Gasteiger charge is 2.43. The maximum Gasteiger partial charge on any atom is 0.326 e. The van der Waals surface area contributed by atoms with E-state index in [1.54, 1.807) is 6.07 Å². The summed E-state index contributed by atoms with van der Waals surface area (Å²) in [5.41, 5.74) is 0.918. The second kappa shape index (κ2) is 6.61. The van der Waals surface area contributed by atoms with Gasteiger partial charge in [0.25, 0.3) is 0 Å². The maximum absolute atomic E-state index is 14.9. The maximum atomic E-state index is 14.9. The summed E-state index contributed by atoms with van der Waals surface area (Å²) in [5, 5.41) is 16.9. The Morgan fingerprint density at radius 1 is 1.30 bits per heavy atom. The first-order chi connectivity index (χ1) is 12.9. The van der Waals surface area contributed by atoms with Crippen LogP contribution in [0, 0.1) is 5.82 Å². The molecule has 1 aromatic heterocycles. The normalized spacial score (nSPS) is 22.0. The van der Waals surface area contributed by atoms with Gasteiger partial charge in [-0.15, -0.1) is 5.10 Å². The van der Waals surface area contributed by atoms with E-state index in [9.17, 15) is 19.1 Å². The van der Waals surface area contributed by atoms with Crippen LogP contribution in [0.1, 0.15) is 24.8 Å². The fraction of sp³-hybridized carbons (Fsp3) is 0.294. The van der Waals surface area contributed by atoms with Crippen molar-refractivity contribution < 1.29 is 19.1 Å². The van der Waals surface area contributed by atoms with Crippen LogP contribution in [0.25, 0.3) is 11.3 Å². The van der Waals surface area contributed by atoms with E-state index in [-0.39, 0.29) is 21.8 Å². The molecule has 140 valence electrons. The number of benzene rings is 1. The summed E-state index contributed by atoms with van der Waals surface area (Å²) >= 11 is 11.8. The van der Waals surface area contributed by atoms with E-state index in [2.05, 4.69) is 10.3 Å². The van der Waals surface area contributed by atoms with Crippen molar-refractivity contribution in [1.82, 2.24) is 19.9 Å². The molecule has 0 radical (unpaired) electrons. The Bertz CT molecular complexity index is 991. The molecule has 1 amide bonds. The van der Waals surface area contributed by atoms with Crippen molar-refractivity contribution in [1.29, 1.82) is 0 Å². The smallest absolute Gasteiger partial charge is 0.326 e. The number of fused-ring (bicyclic) bond motifs is 1. The Kier molecular flexibility index (Phi) is 4.39. The number of carboxylic acid groups (broad SMARTS) is 1. The van der Waals surface area contributed by atoms with Gasteiger partial charge in [0.05, 0.1) is 16.9 Å². The molecular weight excluding hydrogens is 398 g/mol. The monoisotopic (exact) mass is 410 g/mol. The van der Waals surface area contributed by atoms with Gasteiger partial charge in [0, 0.05) is 17.7 Å². The van der Waals surface area contributed by atoms with Gasteiger partial charge >= 0.3 is 5.97 Å². The molecule has 2 atom stereocenters. The van der Waals surface area contributed by atoms with Gasteiger partial charge in [-0.1, -0.05) is 28.4 Å². The van der Waals surface area contributed by atoms with Crippen molar-refractivity contribution in [3.63, 3.8) is 0 Å². The average molecular weight is 411 g/mol. The molecule has 3 heterocycles. The van der Waals surface area contributed by atoms with Crippen molar-refractivity contribution in [2.75, 3.05) is 0 Å². The SMILES string of the molecule is O=C(O)C1CCC2CC(c3c(-n4cc(Cl)nn4)ccc(Cl)c3F)=CC(=O)N21. The van der Waals surface area contributed by atoms with Crippen LogP contribution in [0.5, 0.6) is 0 Å². The van der Waals surface area contributed by atoms with Crippen molar-refractivity contribution >= 4 is 40.7 Å². The van der Waals surface area contributed by atoms with E-state index >= 15 is 0 Å². The highest BCUT2D eigenvalue weighted by Crippen LogP contribution is 2.39. The van der Waals surface area contributed by atoms with Gasteiger partial charge in [-0.3, -0.25) is 4.79 Å². The molecule has 0 saturated carbocycles. The van der Waals surface area contributed by atoms with Crippen LogP contribution in [0.15, 0.2) is 24.4 Å². The number of hydrogen-bond acceptors (Lipinski definition) is 4. The Balaban J connectivity index is 1.81. The molecule has 27 heavy (non-hydrogen) atoms. The van der Waals surface area contributed by atoms with E-state index in [1.165, 1.54) is 27.9 Å². The fourth-order valence-corrected chi connectivity index (χ4v) is 4.05. The first kappa shape index (κ1) is 17.9. The molecule has 0 bridgehead atoms. The third-order valence-corrected chi connectivity index (χ3v) is 5.37. The largest absolute Gasteiger partial charge is 0.480 e. The van der Waals surface area contributed by atoms with Crippen LogP contribution in [0.4, 0.5) is 4.39 Å². The predicted octanol–water partition coefficient (Wildman–Crippen LogP) is 2.94. The van der Waals surface area contributed by atoms with Crippen molar-refractivity contribution in [2.45, 2.75) is 31.3 Å². The van der Waals surface area contributed by atoms with E-state index in [0.717, 1.165) is 0 Å². The van der Waals surface area contributed by atoms with E-state index in [4.69, 9.17) is 23.2 Å². The van der Waals surface area contributed by atoms with Crippen molar-refractivity contribution in [3.8, 4) is 5.69 Å². The average Bonchev–Trinajstić information content (AvgIpc) is 3.23. The minimum absolute atomic E-state index is 0.0921. The van der Waals surface area contributed by atoms with Gasteiger partial charge in [0.15, 0.2) is 11.0 Å². The summed E-state index contributed by atoms with van der Waals surface area (Å²) in [6, 6.07) is 1.80. The molecular formula is C17H13Cl2FN4O3. The molecule has 10 heteroatoms. The third-order valence-electron chi connectivity index (χ3n) is 4.90. The van der Waals surface area contributed by atoms with Crippen LogP contribution in [-0.2, 0) is 9.59 Å². The summed E-state index contributed by atoms with van der Waals surface area (Å²) in [5.74, 6) is -2.16. The number of aliphatic carboxylic acids is 1. The Hall–Kier alpha value is -2.45. The zero-order valence-electron chi connectivity index (χ0n) is 13.8. The summed E-state index contributed by atoms with van der Waals surface area (Å²) in [6.45, 7) is 0.